The maximum atomic E-state index is 13.1. The van der Waals surface area contributed by atoms with Gasteiger partial charge in [0.1, 0.15) is 5.00 Å². The second-order valence-corrected chi connectivity index (χ2v) is 9.22. The molecule has 2 amide bonds. The van der Waals surface area contributed by atoms with Gasteiger partial charge in [-0.15, -0.1) is 11.3 Å². The van der Waals surface area contributed by atoms with Crippen LogP contribution >= 0.6 is 11.3 Å². The Bertz CT molecular complexity index is 939. The van der Waals surface area contributed by atoms with Crippen molar-refractivity contribution in [3.05, 3.63) is 33.0 Å². The van der Waals surface area contributed by atoms with Gasteiger partial charge in [-0.05, 0) is 64.4 Å². The highest BCUT2D eigenvalue weighted by Crippen LogP contribution is 2.40. The van der Waals surface area contributed by atoms with Gasteiger partial charge < -0.3 is 10.6 Å². The number of hydrogen-bond donors (Lipinski definition) is 2. The minimum Gasteiger partial charge on any atom is -0.349 e. The summed E-state index contributed by atoms with van der Waals surface area (Å²) in [6.07, 6.45) is 5.06. The quantitative estimate of drug-likeness (QED) is 0.800. The minimum atomic E-state index is -0.179. The summed E-state index contributed by atoms with van der Waals surface area (Å²) in [6.45, 7) is 8.75. The van der Waals surface area contributed by atoms with Crippen molar-refractivity contribution in [3.63, 3.8) is 0 Å². The van der Waals surface area contributed by atoms with E-state index in [0.717, 1.165) is 55.6 Å². The van der Waals surface area contributed by atoms with Crippen LogP contribution in [0.15, 0.2) is 0 Å². The van der Waals surface area contributed by atoms with Crippen molar-refractivity contribution in [1.82, 2.24) is 15.1 Å². The van der Waals surface area contributed by atoms with Gasteiger partial charge in [0.25, 0.3) is 11.8 Å². The molecule has 28 heavy (non-hydrogen) atoms. The Morgan fingerprint density at radius 2 is 1.93 bits per heavy atom. The molecule has 0 saturated heterocycles. The van der Waals surface area contributed by atoms with E-state index in [-0.39, 0.29) is 11.8 Å². The second-order valence-electron chi connectivity index (χ2n) is 8.12. The lowest BCUT2D eigenvalue weighted by atomic mass is 9.88. The van der Waals surface area contributed by atoms with Crippen LogP contribution in [0.3, 0.4) is 0 Å². The largest absolute Gasteiger partial charge is 0.349 e. The summed E-state index contributed by atoms with van der Waals surface area (Å²) >= 11 is 1.57. The fourth-order valence-electron chi connectivity index (χ4n) is 4.06. The lowest BCUT2D eigenvalue weighted by molar-refractivity contribution is 0.0951. The standard InChI is InChI=1S/C21H28N4O2S/c1-5-25-13(4)17(12(3)24-25)19(26)23-21-18(20(27)22-14-7-8-14)15-9-6-11(2)10-16(15)28-21/h11,14H,5-10H2,1-4H3,(H,22,27)(H,23,26). The van der Waals surface area contributed by atoms with Crippen molar-refractivity contribution in [1.29, 1.82) is 0 Å². The van der Waals surface area contributed by atoms with Crippen LogP contribution in [0, 0.1) is 19.8 Å². The zero-order chi connectivity index (χ0) is 20.0. The van der Waals surface area contributed by atoms with Gasteiger partial charge in [0, 0.05) is 23.2 Å². The summed E-state index contributed by atoms with van der Waals surface area (Å²) in [5, 5.41) is 11.3. The Kier molecular flexibility index (Phi) is 5.04. The summed E-state index contributed by atoms with van der Waals surface area (Å²) in [4.78, 5) is 27.3. The van der Waals surface area contributed by atoms with Gasteiger partial charge in [-0.1, -0.05) is 6.92 Å². The van der Waals surface area contributed by atoms with Gasteiger partial charge in [-0.3, -0.25) is 14.3 Å². The van der Waals surface area contributed by atoms with Crippen LogP contribution in [0.2, 0.25) is 0 Å². The number of nitrogens with zero attached hydrogens (tertiary/aromatic N) is 2. The van der Waals surface area contributed by atoms with Gasteiger partial charge in [0.05, 0.1) is 16.8 Å². The van der Waals surface area contributed by atoms with Crippen LogP contribution in [-0.2, 0) is 19.4 Å². The smallest absolute Gasteiger partial charge is 0.260 e. The van der Waals surface area contributed by atoms with Gasteiger partial charge >= 0.3 is 0 Å². The van der Waals surface area contributed by atoms with Crippen LogP contribution in [0.1, 0.15) is 75.7 Å². The molecule has 0 aliphatic heterocycles. The molecule has 2 aromatic rings. The lowest BCUT2D eigenvalue weighted by Crippen LogP contribution is -2.28. The van der Waals surface area contributed by atoms with Crippen molar-refractivity contribution in [2.45, 2.75) is 72.4 Å². The first-order chi connectivity index (χ1) is 13.4. The van der Waals surface area contributed by atoms with Crippen molar-refractivity contribution < 1.29 is 9.59 Å². The Balaban J connectivity index is 1.68. The van der Waals surface area contributed by atoms with E-state index in [0.29, 0.717) is 28.1 Å². The van der Waals surface area contributed by atoms with Crippen molar-refractivity contribution in [2.24, 2.45) is 5.92 Å². The van der Waals surface area contributed by atoms with E-state index in [1.807, 2.05) is 25.5 Å². The van der Waals surface area contributed by atoms with E-state index in [9.17, 15) is 9.59 Å². The molecule has 2 N–H and O–H groups in total. The van der Waals surface area contributed by atoms with Crippen molar-refractivity contribution in [2.75, 3.05) is 5.32 Å². The Labute approximate surface area is 169 Å². The molecule has 1 unspecified atom stereocenters. The molecule has 1 fully saturated rings. The third-order valence-electron chi connectivity index (χ3n) is 5.79. The molecule has 1 atom stereocenters. The van der Waals surface area contributed by atoms with Crippen molar-refractivity contribution in [3.8, 4) is 0 Å². The number of rotatable bonds is 5. The second kappa shape index (κ2) is 7.35. The van der Waals surface area contributed by atoms with Crippen LogP contribution in [0.4, 0.5) is 5.00 Å². The number of carbonyl (C=O) groups excluding carboxylic acids is 2. The van der Waals surface area contributed by atoms with Crippen LogP contribution < -0.4 is 10.6 Å². The molecular formula is C21H28N4O2S. The number of aromatic nitrogens is 2. The zero-order valence-electron chi connectivity index (χ0n) is 17.0. The molecule has 4 rings (SSSR count). The van der Waals surface area contributed by atoms with Gasteiger partial charge in [0.2, 0.25) is 0 Å². The highest BCUT2D eigenvalue weighted by Gasteiger charge is 2.32. The van der Waals surface area contributed by atoms with E-state index in [4.69, 9.17) is 0 Å². The zero-order valence-corrected chi connectivity index (χ0v) is 17.8. The van der Waals surface area contributed by atoms with E-state index < -0.39 is 0 Å². The minimum absolute atomic E-state index is 0.0393. The van der Waals surface area contributed by atoms with E-state index in [1.165, 1.54) is 4.88 Å². The summed E-state index contributed by atoms with van der Waals surface area (Å²) in [5.74, 6) is 0.394. The maximum Gasteiger partial charge on any atom is 0.260 e. The number of anilines is 1. The molecule has 150 valence electrons. The van der Waals surface area contributed by atoms with Gasteiger partial charge in [-0.25, -0.2) is 0 Å². The normalized spacial score (nSPS) is 18.6. The van der Waals surface area contributed by atoms with E-state index in [2.05, 4.69) is 22.7 Å². The predicted molar refractivity (Wildman–Crippen MR) is 111 cm³/mol. The number of amides is 2. The molecule has 0 bridgehead atoms. The summed E-state index contributed by atoms with van der Waals surface area (Å²) in [7, 11) is 0. The van der Waals surface area contributed by atoms with E-state index in [1.54, 1.807) is 11.3 Å². The molecule has 7 heteroatoms. The van der Waals surface area contributed by atoms with Crippen LogP contribution in [0.5, 0.6) is 0 Å². The number of fused-ring (bicyclic) bond motifs is 1. The van der Waals surface area contributed by atoms with E-state index >= 15 is 0 Å². The van der Waals surface area contributed by atoms with Crippen LogP contribution in [0.25, 0.3) is 0 Å². The predicted octanol–water partition coefficient (Wildman–Crippen LogP) is 3.85. The Morgan fingerprint density at radius 3 is 2.57 bits per heavy atom. The molecule has 6 nitrogen and oxygen atoms in total. The van der Waals surface area contributed by atoms with Gasteiger partial charge in [0.15, 0.2) is 0 Å². The number of thiophene rings is 1. The lowest BCUT2D eigenvalue weighted by Gasteiger charge is -2.18. The number of nitrogens with one attached hydrogen (secondary N) is 2. The molecule has 0 radical (unpaired) electrons. The van der Waals surface area contributed by atoms with Crippen molar-refractivity contribution >= 4 is 28.2 Å². The van der Waals surface area contributed by atoms with Gasteiger partial charge in [-0.2, -0.15) is 5.10 Å². The molecule has 2 heterocycles. The first-order valence-corrected chi connectivity index (χ1v) is 11.0. The molecule has 2 aliphatic carbocycles. The fraction of sp³-hybridized carbons (Fsp3) is 0.571. The Hall–Kier alpha value is -2.15. The number of aryl methyl sites for hydroxylation is 2. The SMILES string of the molecule is CCn1nc(C)c(C(=O)Nc2sc3c(c2C(=O)NC2CC2)CCC(C)C3)c1C. The summed E-state index contributed by atoms with van der Waals surface area (Å²) in [6, 6.07) is 0.293. The molecule has 2 aromatic heterocycles. The molecule has 0 aromatic carbocycles. The van der Waals surface area contributed by atoms with Crippen LogP contribution in [-0.4, -0.2) is 27.6 Å². The molecular weight excluding hydrogens is 372 g/mol. The third kappa shape index (κ3) is 3.48. The highest BCUT2D eigenvalue weighted by molar-refractivity contribution is 7.17. The summed E-state index contributed by atoms with van der Waals surface area (Å²) < 4.78 is 1.84. The summed E-state index contributed by atoms with van der Waals surface area (Å²) in [5.41, 5.74) is 4.00. The fourth-order valence-corrected chi connectivity index (χ4v) is 5.47. The monoisotopic (exact) mass is 400 g/mol. The molecule has 1 saturated carbocycles. The Morgan fingerprint density at radius 1 is 1.18 bits per heavy atom. The number of carbonyl (C=O) groups is 2. The average Bonchev–Trinajstić information content (AvgIpc) is 3.30. The third-order valence-corrected chi connectivity index (χ3v) is 6.96. The number of hydrogen-bond acceptors (Lipinski definition) is 4. The average molecular weight is 401 g/mol. The maximum absolute atomic E-state index is 13.1. The first kappa shape index (κ1) is 19.2. The highest BCUT2D eigenvalue weighted by atomic mass is 32.1. The first-order valence-electron chi connectivity index (χ1n) is 10.2. The molecule has 2 aliphatic rings. The topological polar surface area (TPSA) is 76.0 Å². The molecule has 0 spiro atoms.